The van der Waals surface area contributed by atoms with Crippen LogP contribution in [0, 0.1) is 5.21 Å². The summed E-state index contributed by atoms with van der Waals surface area (Å²) in [6.45, 7) is 3.69. The second kappa shape index (κ2) is 4.70. The van der Waals surface area contributed by atoms with E-state index in [-0.39, 0.29) is 0 Å². The second-order valence-electron chi connectivity index (χ2n) is 6.44. The van der Waals surface area contributed by atoms with Gasteiger partial charge >= 0.3 is 0 Å². The van der Waals surface area contributed by atoms with Crippen LogP contribution < -0.4 is 0 Å². The molecule has 1 aliphatic carbocycles. The molecule has 6 nitrogen and oxygen atoms in total. The van der Waals surface area contributed by atoms with Crippen LogP contribution in [0.3, 0.4) is 0 Å². The Morgan fingerprint density at radius 1 is 1.20 bits per heavy atom. The average molecular weight is 281 g/mol. The monoisotopic (exact) mass is 281 g/mol. The molecule has 0 unspecified atom stereocenters. The Kier molecular flexibility index (Phi) is 3.25. The Balaban J connectivity index is 1.98. The maximum absolute atomic E-state index is 12.8. The number of hydroxylamine groups is 1. The standard InChI is InChI=1S/C14H23N3O3/c1-13(16-8-3-2-4-9-16)10-14(18)11(15-19)6-5-7-12(14)17(13)20/h18-19H,2-10H2,1H3/t13-,14-/m1/s1. The molecule has 0 radical (unpaired) electrons. The lowest BCUT2D eigenvalue weighted by Gasteiger charge is -2.38. The SMILES string of the molecule is C[C@]1(N2CCCCC2)C[C@@]2(O)C(=NO)CCCC2=[N+]1[O-]. The highest BCUT2D eigenvalue weighted by Crippen LogP contribution is 2.41. The summed E-state index contributed by atoms with van der Waals surface area (Å²) in [5.41, 5.74) is -1.24. The van der Waals surface area contributed by atoms with Gasteiger partial charge in [0.1, 0.15) is 0 Å². The molecule has 0 bridgehead atoms. The van der Waals surface area contributed by atoms with Gasteiger partial charge in [-0.3, -0.25) is 0 Å². The van der Waals surface area contributed by atoms with Gasteiger partial charge in [0.05, 0.1) is 12.1 Å². The van der Waals surface area contributed by atoms with Crippen LogP contribution in [0.25, 0.3) is 0 Å². The van der Waals surface area contributed by atoms with Crippen LogP contribution in [0.2, 0.25) is 0 Å². The number of oxime groups is 1. The number of aliphatic hydroxyl groups is 1. The molecule has 2 N–H and O–H groups in total. The van der Waals surface area contributed by atoms with Crippen LogP contribution in [0.4, 0.5) is 0 Å². The predicted molar refractivity (Wildman–Crippen MR) is 75.1 cm³/mol. The molecule has 1 saturated carbocycles. The highest BCUT2D eigenvalue weighted by atomic mass is 16.5. The number of rotatable bonds is 1. The number of piperidine rings is 1. The molecule has 3 rings (SSSR count). The van der Waals surface area contributed by atoms with Gasteiger partial charge < -0.3 is 15.5 Å². The van der Waals surface area contributed by atoms with E-state index < -0.39 is 11.3 Å². The van der Waals surface area contributed by atoms with E-state index in [1.165, 1.54) is 6.42 Å². The van der Waals surface area contributed by atoms with E-state index in [0.717, 1.165) is 37.1 Å². The first-order valence-corrected chi connectivity index (χ1v) is 7.55. The quantitative estimate of drug-likeness (QED) is 0.328. The number of nitrogens with zero attached hydrogens (tertiary/aromatic N) is 3. The van der Waals surface area contributed by atoms with Gasteiger partial charge in [-0.2, -0.15) is 4.74 Å². The lowest BCUT2D eigenvalue weighted by molar-refractivity contribution is -0.571. The maximum Gasteiger partial charge on any atom is 0.230 e. The zero-order chi connectivity index (χ0) is 14.4. The van der Waals surface area contributed by atoms with E-state index in [2.05, 4.69) is 10.1 Å². The Labute approximate surface area is 119 Å². The third kappa shape index (κ3) is 1.78. The van der Waals surface area contributed by atoms with Gasteiger partial charge in [0.25, 0.3) is 0 Å². The summed E-state index contributed by atoms with van der Waals surface area (Å²) in [7, 11) is 0. The smallest absolute Gasteiger partial charge is 0.230 e. The van der Waals surface area contributed by atoms with Crippen LogP contribution >= 0.6 is 0 Å². The van der Waals surface area contributed by atoms with E-state index in [1.54, 1.807) is 0 Å². The van der Waals surface area contributed by atoms with E-state index in [9.17, 15) is 10.3 Å². The molecule has 2 atom stereocenters. The minimum Gasteiger partial charge on any atom is -0.622 e. The molecule has 1 saturated heterocycles. The summed E-state index contributed by atoms with van der Waals surface area (Å²) in [6.07, 6.45) is 5.60. The van der Waals surface area contributed by atoms with Gasteiger partial charge in [0.15, 0.2) is 5.60 Å². The number of fused-ring (bicyclic) bond motifs is 1. The minimum absolute atomic E-state index is 0.304. The van der Waals surface area contributed by atoms with Crippen molar-refractivity contribution in [2.45, 2.75) is 63.1 Å². The molecule has 0 amide bonds. The molecule has 2 heterocycles. The van der Waals surface area contributed by atoms with Crippen molar-refractivity contribution in [3.05, 3.63) is 5.21 Å². The largest absolute Gasteiger partial charge is 0.622 e. The van der Waals surface area contributed by atoms with Gasteiger partial charge in [0.2, 0.25) is 11.4 Å². The molecular formula is C14H23N3O3. The first-order chi connectivity index (χ1) is 9.52. The Hall–Kier alpha value is -1.14. The fourth-order valence-electron chi connectivity index (χ4n) is 4.07. The molecule has 0 aromatic carbocycles. The summed E-state index contributed by atoms with van der Waals surface area (Å²) in [5, 5.41) is 36.1. The summed E-state index contributed by atoms with van der Waals surface area (Å²) < 4.78 is 1.00. The maximum atomic E-state index is 12.8. The number of hydrogen-bond acceptors (Lipinski definition) is 5. The molecule has 2 fully saturated rings. The topological polar surface area (TPSA) is 82.1 Å². The van der Waals surface area contributed by atoms with Gasteiger partial charge in [-0.1, -0.05) is 11.6 Å². The minimum atomic E-state index is -1.35. The van der Waals surface area contributed by atoms with E-state index in [4.69, 9.17) is 5.21 Å². The lowest BCUT2D eigenvalue weighted by atomic mass is 9.78. The van der Waals surface area contributed by atoms with Crippen LogP contribution in [-0.2, 0) is 0 Å². The number of likely N-dealkylation sites (tertiary alicyclic amines) is 1. The molecule has 0 aromatic rings. The molecule has 2 aliphatic heterocycles. The van der Waals surface area contributed by atoms with Crippen molar-refractivity contribution >= 4 is 11.4 Å². The van der Waals surface area contributed by atoms with Crippen molar-refractivity contribution in [3.8, 4) is 0 Å². The fourth-order valence-corrected chi connectivity index (χ4v) is 4.07. The van der Waals surface area contributed by atoms with E-state index in [0.29, 0.717) is 30.7 Å². The van der Waals surface area contributed by atoms with Crippen molar-refractivity contribution in [1.29, 1.82) is 0 Å². The highest BCUT2D eigenvalue weighted by Gasteiger charge is 2.62. The van der Waals surface area contributed by atoms with Gasteiger partial charge in [-0.05, 0) is 25.7 Å². The predicted octanol–water partition coefficient (Wildman–Crippen LogP) is 1.29. The fraction of sp³-hybridized carbons (Fsp3) is 0.857. The van der Waals surface area contributed by atoms with Gasteiger partial charge in [0, 0.05) is 26.4 Å². The van der Waals surface area contributed by atoms with Gasteiger partial charge in [-0.15, -0.1) is 0 Å². The molecular weight excluding hydrogens is 258 g/mol. The first-order valence-electron chi connectivity index (χ1n) is 7.55. The normalized spacial score (nSPS) is 41.2. The Bertz CT molecular complexity index is 470. The Morgan fingerprint density at radius 2 is 1.90 bits per heavy atom. The second-order valence-corrected chi connectivity index (χ2v) is 6.44. The molecule has 112 valence electrons. The molecule has 6 heteroatoms. The average Bonchev–Trinajstić information content (AvgIpc) is 2.68. The van der Waals surface area contributed by atoms with Crippen LogP contribution in [0.5, 0.6) is 0 Å². The zero-order valence-corrected chi connectivity index (χ0v) is 12.0. The number of hydrogen-bond donors (Lipinski definition) is 2. The van der Waals surface area contributed by atoms with Crippen molar-refractivity contribution in [2.24, 2.45) is 5.16 Å². The Morgan fingerprint density at radius 3 is 2.55 bits per heavy atom. The van der Waals surface area contributed by atoms with E-state index >= 15 is 0 Å². The summed E-state index contributed by atoms with van der Waals surface area (Å²) >= 11 is 0. The van der Waals surface area contributed by atoms with Crippen molar-refractivity contribution in [1.82, 2.24) is 4.90 Å². The molecule has 0 spiro atoms. The molecule has 3 aliphatic rings. The van der Waals surface area contributed by atoms with Crippen molar-refractivity contribution in [3.63, 3.8) is 0 Å². The highest BCUT2D eigenvalue weighted by molar-refractivity contribution is 6.15. The van der Waals surface area contributed by atoms with Crippen molar-refractivity contribution < 1.29 is 15.1 Å². The van der Waals surface area contributed by atoms with Crippen LogP contribution in [-0.4, -0.2) is 55.7 Å². The van der Waals surface area contributed by atoms with Crippen LogP contribution in [0.15, 0.2) is 5.16 Å². The molecule has 0 aromatic heterocycles. The lowest BCUT2D eigenvalue weighted by Crippen LogP contribution is -2.54. The zero-order valence-electron chi connectivity index (χ0n) is 12.0. The molecule has 20 heavy (non-hydrogen) atoms. The van der Waals surface area contributed by atoms with Crippen LogP contribution in [0.1, 0.15) is 51.9 Å². The third-order valence-electron chi connectivity index (χ3n) is 5.21. The van der Waals surface area contributed by atoms with E-state index in [1.807, 2.05) is 6.92 Å². The third-order valence-corrected chi connectivity index (χ3v) is 5.21. The first kappa shape index (κ1) is 13.8. The summed E-state index contributed by atoms with van der Waals surface area (Å²) in [4.78, 5) is 2.18. The summed E-state index contributed by atoms with van der Waals surface area (Å²) in [6, 6.07) is 0. The van der Waals surface area contributed by atoms with Crippen molar-refractivity contribution in [2.75, 3.05) is 13.1 Å². The summed E-state index contributed by atoms with van der Waals surface area (Å²) in [5.74, 6) is 0. The van der Waals surface area contributed by atoms with Gasteiger partial charge in [-0.25, -0.2) is 4.90 Å².